The highest BCUT2D eigenvalue weighted by Gasteiger charge is 2.32. The molecule has 1 aliphatic rings. The highest BCUT2D eigenvalue weighted by molar-refractivity contribution is 9.10. The first-order valence-electron chi connectivity index (χ1n) is 6.72. The predicted molar refractivity (Wildman–Crippen MR) is 81.9 cm³/mol. The molecule has 20 heavy (non-hydrogen) atoms. The van der Waals surface area contributed by atoms with Crippen LogP contribution in [0.4, 0.5) is 0 Å². The van der Waals surface area contributed by atoms with E-state index in [1.54, 1.807) is 12.1 Å². The third kappa shape index (κ3) is 1.86. The summed E-state index contributed by atoms with van der Waals surface area (Å²) in [7, 11) is 0. The van der Waals surface area contributed by atoms with Gasteiger partial charge in [-0.05, 0) is 30.0 Å². The van der Waals surface area contributed by atoms with Crippen LogP contribution in [-0.2, 0) is 0 Å². The Bertz CT molecular complexity index is 701. The molecule has 0 atom stereocenters. The summed E-state index contributed by atoms with van der Waals surface area (Å²) in [6.07, 6.45) is 1.79. The molecule has 1 heterocycles. The van der Waals surface area contributed by atoms with Gasteiger partial charge in [0.15, 0.2) is 0 Å². The molecular weight excluding hydrogens is 318 g/mol. The molecule has 2 aromatic carbocycles. The SMILES string of the molecule is CCCCN1C(=O)c2cccc3c(Br)ccc(c23)C1=O. The number of hydrogen-bond donors (Lipinski definition) is 0. The van der Waals surface area contributed by atoms with Gasteiger partial charge < -0.3 is 0 Å². The Hall–Kier alpha value is -1.68. The molecule has 0 spiro atoms. The number of rotatable bonds is 3. The van der Waals surface area contributed by atoms with Crippen molar-refractivity contribution >= 4 is 38.5 Å². The highest BCUT2D eigenvalue weighted by Crippen LogP contribution is 2.34. The van der Waals surface area contributed by atoms with Crippen LogP contribution in [0.5, 0.6) is 0 Å². The standard InChI is InChI=1S/C16H14BrNO2/c1-2-3-9-18-15(19)11-6-4-5-10-13(17)8-7-12(14(10)11)16(18)20/h4-8H,2-3,9H2,1H3. The lowest BCUT2D eigenvalue weighted by atomic mass is 9.94. The molecule has 0 saturated carbocycles. The molecule has 2 amide bonds. The van der Waals surface area contributed by atoms with Gasteiger partial charge in [-0.1, -0.05) is 41.4 Å². The van der Waals surface area contributed by atoms with Crippen molar-refractivity contribution in [1.29, 1.82) is 0 Å². The largest absolute Gasteiger partial charge is 0.274 e. The van der Waals surface area contributed by atoms with Gasteiger partial charge in [0.1, 0.15) is 0 Å². The van der Waals surface area contributed by atoms with Crippen molar-refractivity contribution in [3.63, 3.8) is 0 Å². The molecule has 0 aliphatic carbocycles. The van der Waals surface area contributed by atoms with E-state index in [9.17, 15) is 9.59 Å². The summed E-state index contributed by atoms with van der Waals surface area (Å²) in [5, 5.41) is 1.68. The van der Waals surface area contributed by atoms with Crippen LogP contribution in [0.15, 0.2) is 34.8 Å². The Morgan fingerprint density at radius 3 is 2.45 bits per heavy atom. The molecular formula is C16H14BrNO2. The first-order valence-corrected chi connectivity index (χ1v) is 7.52. The zero-order valence-corrected chi connectivity index (χ0v) is 12.7. The molecule has 0 unspecified atom stereocenters. The summed E-state index contributed by atoms with van der Waals surface area (Å²) in [6, 6.07) is 9.25. The van der Waals surface area contributed by atoms with Crippen molar-refractivity contribution in [2.24, 2.45) is 0 Å². The van der Waals surface area contributed by atoms with Crippen LogP contribution in [0.2, 0.25) is 0 Å². The molecule has 0 bridgehead atoms. The summed E-state index contributed by atoms with van der Waals surface area (Å²) in [4.78, 5) is 26.4. The number of carbonyl (C=O) groups is 2. The number of imide groups is 1. The topological polar surface area (TPSA) is 37.4 Å². The number of hydrogen-bond acceptors (Lipinski definition) is 2. The second-order valence-corrected chi connectivity index (χ2v) is 5.79. The van der Waals surface area contributed by atoms with E-state index in [-0.39, 0.29) is 11.8 Å². The third-order valence-corrected chi connectivity index (χ3v) is 4.37. The molecule has 2 aromatic rings. The molecule has 0 aromatic heterocycles. The summed E-state index contributed by atoms with van der Waals surface area (Å²) >= 11 is 3.48. The minimum Gasteiger partial charge on any atom is -0.274 e. The van der Waals surface area contributed by atoms with E-state index in [0.29, 0.717) is 17.7 Å². The summed E-state index contributed by atoms with van der Waals surface area (Å²) < 4.78 is 0.903. The Labute approximate surface area is 125 Å². The Morgan fingerprint density at radius 2 is 1.75 bits per heavy atom. The van der Waals surface area contributed by atoms with Gasteiger partial charge in [0, 0.05) is 27.5 Å². The van der Waals surface area contributed by atoms with E-state index in [0.717, 1.165) is 28.1 Å². The van der Waals surface area contributed by atoms with Gasteiger partial charge in [0.2, 0.25) is 0 Å². The summed E-state index contributed by atoms with van der Waals surface area (Å²) in [6.45, 7) is 2.53. The Morgan fingerprint density at radius 1 is 1.05 bits per heavy atom. The van der Waals surface area contributed by atoms with Crippen LogP contribution >= 0.6 is 15.9 Å². The fraction of sp³-hybridized carbons (Fsp3) is 0.250. The normalized spacial score (nSPS) is 14.2. The van der Waals surface area contributed by atoms with Crippen molar-refractivity contribution in [3.8, 4) is 0 Å². The van der Waals surface area contributed by atoms with E-state index in [1.807, 2.05) is 25.1 Å². The minimum absolute atomic E-state index is 0.181. The quantitative estimate of drug-likeness (QED) is 0.797. The van der Waals surface area contributed by atoms with Crippen LogP contribution < -0.4 is 0 Å². The Balaban J connectivity index is 2.23. The number of halogens is 1. The number of carbonyl (C=O) groups excluding carboxylic acids is 2. The first kappa shape index (κ1) is 13.3. The zero-order chi connectivity index (χ0) is 14.3. The molecule has 0 N–H and O–H groups in total. The van der Waals surface area contributed by atoms with E-state index in [4.69, 9.17) is 0 Å². The first-order chi connectivity index (χ1) is 9.65. The second-order valence-electron chi connectivity index (χ2n) is 4.94. The Kier molecular flexibility index (Phi) is 3.34. The van der Waals surface area contributed by atoms with Gasteiger partial charge in [0.05, 0.1) is 0 Å². The van der Waals surface area contributed by atoms with Gasteiger partial charge in [-0.2, -0.15) is 0 Å². The number of unbranched alkanes of at least 4 members (excludes halogenated alkanes) is 1. The fourth-order valence-electron chi connectivity index (χ4n) is 2.63. The van der Waals surface area contributed by atoms with Crippen LogP contribution in [0.1, 0.15) is 40.5 Å². The predicted octanol–water partition coefficient (Wildman–Crippen LogP) is 4.00. The van der Waals surface area contributed by atoms with Gasteiger partial charge in [-0.25, -0.2) is 0 Å². The van der Waals surface area contributed by atoms with Gasteiger partial charge in [-0.15, -0.1) is 0 Å². The van der Waals surface area contributed by atoms with Gasteiger partial charge in [0.25, 0.3) is 11.8 Å². The molecule has 3 rings (SSSR count). The maximum Gasteiger partial charge on any atom is 0.261 e. The van der Waals surface area contributed by atoms with E-state index >= 15 is 0 Å². The molecule has 102 valence electrons. The van der Waals surface area contributed by atoms with Crippen molar-refractivity contribution < 1.29 is 9.59 Å². The summed E-state index contributed by atoms with van der Waals surface area (Å²) in [5.41, 5.74) is 1.24. The average molecular weight is 332 g/mol. The van der Waals surface area contributed by atoms with Crippen molar-refractivity contribution in [3.05, 3.63) is 45.9 Å². The van der Waals surface area contributed by atoms with Crippen LogP contribution in [0.25, 0.3) is 10.8 Å². The van der Waals surface area contributed by atoms with E-state index in [2.05, 4.69) is 15.9 Å². The maximum atomic E-state index is 12.5. The van der Waals surface area contributed by atoms with Crippen LogP contribution in [-0.4, -0.2) is 23.3 Å². The van der Waals surface area contributed by atoms with Crippen molar-refractivity contribution in [2.45, 2.75) is 19.8 Å². The van der Waals surface area contributed by atoms with Gasteiger partial charge >= 0.3 is 0 Å². The van der Waals surface area contributed by atoms with Crippen molar-refractivity contribution in [1.82, 2.24) is 4.90 Å². The number of benzene rings is 2. The number of nitrogens with zero attached hydrogens (tertiary/aromatic N) is 1. The molecule has 1 aliphatic heterocycles. The molecule has 4 heteroatoms. The lowest BCUT2D eigenvalue weighted by molar-refractivity contribution is 0.0608. The number of amides is 2. The van der Waals surface area contributed by atoms with E-state index in [1.165, 1.54) is 4.90 Å². The molecule has 0 saturated heterocycles. The van der Waals surface area contributed by atoms with Crippen LogP contribution in [0.3, 0.4) is 0 Å². The highest BCUT2D eigenvalue weighted by atomic mass is 79.9. The van der Waals surface area contributed by atoms with Gasteiger partial charge in [-0.3, -0.25) is 14.5 Å². The average Bonchev–Trinajstić information content (AvgIpc) is 2.46. The smallest absolute Gasteiger partial charge is 0.261 e. The van der Waals surface area contributed by atoms with E-state index < -0.39 is 0 Å². The third-order valence-electron chi connectivity index (χ3n) is 3.67. The molecule has 3 nitrogen and oxygen atoms in total. The second kappa shape index (κ2) is 5.02. The summed E-state index contributed by atoms with van der Waals surface area (Å²) in [5.74, 6) is -0.362. The lowest BCUT2D eigenvalue weighted by Crippen LogP contribution is -2.40. The minimum atomic E-state index is -0.181. The van der Waals surface area contributed by atoms with Crippen molar-refractivity contribution in [2.75, 3.05) is 6.54 Å². The lowest BCUT2D eigenvalue weighted by Gasteiger charge is -2.27. The monoisotopic (exact) mass is 331 g/mol. The fourth-order valence-corrected chi connectivity index (χ4v) is 3.09. The molecule has 0 fully saturated rings. The molecule has 0 radical (unpaired) electrons. The zero-order valence-electron chi connectivity index (χ0n) is 11.1. The van der Waals surface area contributed by atoms with Crippen LogP contribution in [0, 0.1) is 0 Å². The maximum absolute atomic E-state index is 12.5.